The zero-order valence-electron chi connectivity index (χ0n) is 47.6. The Labute approximate surface area is 463 Å². The Bertz CT molecular complexity index is 1990. The highest BCUT2D eigenvalue weighted by molar-refractivity contribution is 5.98. The van der Waals surface area contributed by atoms with Crippen molar-refractivity contribution in [3.8, 4) is 0 Å². The summed E-state index contributed by atoms with van der Waals surface area (Å²) >= 11 is 0. The molecular weight excluding hydrogens is 999 g/mol. The number of aliphatic hydroxyl groups excluding tert-OH is 1. The summed E-state index contributed by atoms with van der Waals surface area (Å²) in [4.78, 5) is 127. The Balaban J connectivity index is 2.59. The minimum Gasteiger partial charge on any atom is -0.393 e. The van der Waals surface area contributed by atoms with Gasteiger partial charge in [-0.25, -0.2) is 0 Å². The third-order valence-electron chi connectivity index (χ3n) is 14.0. The van der Waals surface area contributed by atoms with Crippen molar-refractivity contribution in [3.63, 3.8) is 0 Å². The molecule has 1 heterocycles. The van der Waals surface area contributed by atoms with E-state index in [-0.39, 0.29) is 102 Å². The molecular formula is C57H99N11O10. The minimum absolute atomic E-state index is 0.00531. The van der Waals surface area contributed by atoms with Crippen molar-refractivity contribution >= 4 is 52.9 Å². The molecule has 0 spiro atoms. The van der Waals surface area contributed by atoms with Crippen LogP contribution in [0.15, 0.2) is 30.3 Å². The highest BCUT2D eigenvalue weighted by Crippen LogP contribution is 2.20. The lowest BCUT2D eigenvalue weighted by atomic mass is 9.89. The molecule has 1 aliphatic rings. The van der Waals surface area contributed by atoms with Crippen LogP contribution < -0.4 is 60.2 Å². The van der Waals surface area contributed by atoms with Crippen molar-refractivity contribution in [2.45, 2.75) is 212 Å². The number of rotatable bonds is 30. The fourth-order valence-corrected chi connectivity index (χ4v) is 9.64. The van der Waals surface area contributed by atoms with Crippen LogP contribution in [0.5, 0.6) is 0 Å². The standard InChI is InChI=1S/C57H99N11O10/c1-6-7-8-9-10-11-12-13-17-20-42(69)36-51(72)63-43(21-26-58)49(70)34-40-25-30-62-54(75)47(31-37(2)3)68-56(77)46(24-29-61)65-55(76)45(23-28-60)66-57(78)48(32-38(4)5)67-53(74)41(33-39-18-15-14-16-19-39)35-50(71)44(22-27-59)64-52(40)73/h14-16,18-19,37-38,40-48,69H,6-13,17,20-36,58-61H2,1-5H3,(H,62,75)(H,63,72)(H,64,73)(H,65,76)(H,66,78)(H,67,74)(H,68,77)/t40-,41+,42?,43-,44+,45+,46+,47+,48+/m1/s1. The monoisotopic (exact) mass is 1100 g/mol. The van der Waals surface area contributed by atoms with E-state index in [1.165, 1.54) is 32.1 Å². The summed E-state index contributed by atoms with van der Waals surface area (Å²) in [6, 6.07) is 1.81. The largest absolute Gasteiger partial charge is 0.393 e. The van der Waals surface area contributed by atoms with Crippen molar-refractivity contribution in [3.05, 3.63) is 35.9 Å². The molecule has 1 fully saturated rings. The van der Waals surface area contributed by atoms with E-state index in [9.17, 15) is 48.3 Å². The van der Waals surface area contributed by atoms with E-state index in [4.69, 9.17) is 22.9 Å². The molecule has 1 aromatic carbocycles. The van der Waals surface area contributed by atoms with Crippen LogP contribution in [0.2, 0.25) is 0 Å². The highest BCUT2D eigenvalue weighted by Gasteiger charge is 2.36. The molecule has 21 nitrogen and oxygen atoms in total. The quantitative estimate of drug-likeness (QED) is 0.0491. The van der Waals surface area contributed by atoms with E-state index in [2.05, 4.69) is 44.1 Å². The number of hydrogen-bond donors (Lipinski definition) is 12. The fraction of sp³-hybridized carbons (Fsp3) is 0.737. The first-order valence-corrected chi connectivity index (χ1v) is 28.9. The predicted octanol–water partition coefficient (Wildman–Crippen LogP) is 1.97. The van der Waals surface area contributed by atoms with E-state index in [0.717, 1.165) is 25.7 Å². The third-order valence-corrected chi connectivity index (χ3v) is 14.0. The van der Waals surface area contributed by atoms with Crippen LogP contribution in [0.25, 0.3) is 0 Å². The molecule has 0 aromatic heterocycles. The molecule has 0 radical (unpaired) electrons. The second kappa shape index (κ2) is 39.1. The number of aliphatic hydroxyl groups is 1. The average Bonchev–Trinajstić information content (AvgIpc) is 3.38. The molecule has 0 bridgehead atoms. The molecule has 78 heavy (non-hydrogen) atoms. The van der Waals surface area contributed by atoms with Crippen molar-refractivity contribution in [1.82, 2.24) is 37.2 Å². The van der Waals surface area contributed by atoms with Gasteiger partial charge in [-0.3, -0.25) is 43.2 Å². The Morgan fingerprint density at radius 1 is 0.590 bits per heavy atom. The summed E-state index contributed by atoms with van der Waals surface area (Å²) in [5.74, 6) is -8.28. The number of nitrogens with two attached hydrogens (primary N) is 4. The van der Waals surface area contributed by atoms with Crippen molar-refractivity contribution in [1.29, 1.82) is 0 Å². The van der Waals surface area contributed by atoms with Gasteiger partial charge in [0.25, 0.3) is 0 Å². The summed E-state index contributed by atoms with van der Waals surface area (Å²) < 4.78 is 0. The SMILES string of the molecule is CCCCCCCCCCCC(O)CC(=O)N[C@H](CCN)C(=O)C[C@H]1CCNC(=O)[C@H](CC(C)C)NC(=O)[C@H](CCN)NC(=O)[C@H](CCN)NC(=O)[C@H](CC(C)C)NC(=O)[C@@H](Cc2ccccc2)CC(=O)[C@H](CCN)NC1=O. The molecule has 1 aliphatic heterocycles. The van der Waals surface area contributed by atoms with Crippen molar-refractivity contribution in [2.75, 3.05) is 32.7 Å². The molecule has 0 saturated carbocycles. The normalized spacial score (nSPS) is 22.6. The molecule has 2 rings (SSSR count). The minimum atomic E-state index is -1.24. The average molecular weight is 1100 g/mol. The number of carbonyl (C=O) groups is 9. The van der Waals surface area contributed by atoms with Gasteiger partial charge < -0.3 is 65.3 Å². The first-order chi connectivity index (χ1) is 37.3. The van der Waals surface area contributed by atoms with Crippen LogP contribution in [0.1, 0.15) is 169 Å². The Morgan fingerprint density at radius 3 is 1.60 bits per heavy atom. The second-order valence-electron chi connectivity index (χ2n) is 22.0. The number of Topliss-reactive ketones (excluding diaryl/α,β-unsaturated/α-hetero) is 2. The van der Waals surface area contributed by atoms with Gasteiger partial charge >= 0.3 is 0 Å². The van der Waals surface area contributed by atoms with Gasteiger partial charge in [0.1, 0.15) is 24.2 Å². The van der Waals surface area contributed by atoms with Gasteiger partial charge in [-0.1, -0.05) is 123 Å². The molecule has 1 aromatic rings. The van der Waals surface area contributed by atoms with Gasteiger partial charge in [-0.2, -0.15) is 0 Å². The third kappa shape index (κ3) is 27.5. The van der Waals surface area contributed by atoms with Crippen LogP contribution in [0.4, 0.5) is 0 Å². The van der Waals surface area contributed by atoms with Crippen LogP contribution in [0.3, 0.4) is 0 Å². The van der Waals surface area contributed by atoms with E-state index < -0.39 is 120 Å². The molecule has 21 heteroatoms. The number of nitrogens with one attached hydrogen (secondary N) is 7. The molecule has 1 saturated heterocycles. The predicted molar refractivity (Wildman–Crippen MR) is 302 cm³/mol. The second-order valence-corrected chi connectivity index (χ2v) is 22.0. The zero-order chi connectivity index (χ0) is 58.0. The summed E-state index contributed by atoms with van der Waals surface area (Å²) in [5.41, 5.74) is 24.5. The molecule has 7 amide bonds. The Kier molecular flexibility index (Phi) is 34.5. The van der Waals surface area contributed by atoms with Crippen LogP contribution in [0, 0.1) is 23.7 Å². The van der Waals surface area contributed by atoms with Gasteiger partial charge in [-0.05, 0) is 101 Å². The highest BCUT2D eigenvalue weighted by atomic mass is 16.3. The van der Waals surface area contributed by atoms with E-state index in [1.54, 1.807) is 30.3 Å². The van der Waals surface area contributed by atoms with Gasteiger partial charge in [-0.15, -0.1) is 0 Å². The Morgan fingerprint density at radius 2 is 1.06 bits per heavy atom. The molecule has 9 atom stereocenters. The fourth-order valence-electron chi connectivity index (χ4n) is 9.64. The van der Waals surface area contributed by atoms with Gasteiger partial charge in [0, 0.05) is 31.2 Å². The summed E-state index contributed by atoms with van der Waals surface area (Å²) in [5, 5.41) is 30.0. The first-order valence-electron chi connectivity index (χ1n) is 28.9. The van der Waals surface area contributed by atoms with Crippen molar-refractivity contribution < 1.29 is 48.3 Å². The first kappa shape index (κ1) is 68.8. The maximum absolute atomic E-state index is 14.5. The number of amides is 7. The van der Waals surface area contributed by atoms with Gasteiger partial charge in [0.15, 0.2) is 11.6 Å². The number of carbonyl (C=O) groups excluding carboxylic acids is 9. The topological polar surface area (TPSA) is 362 Å². The number of benzene rings is 1. The molecule has 1 unspecified atom stereocenters. The number of unbranched alkanes of at least 4 members (excludes halogenated alkanes) is 8. The summed E-state index contributed by atoms with van der Waals surface area (Å²) in [6.07, 6.45) is 8.50. The molecule has 16 N–H and O–H groups in total. The molecule has 0 aliphatic carbocycles. The van der Waals surface area contributed by atoms with E-state index in [0.29, 0.717) is 12.0 Å². The summed E-state index contributed by atoms with van der Waals surface area (Å²) in [6.45, 7) is 9.30. The number of ketones is 2. The lowest BCUT2D eigenvalue weighted by Crippen LogP contribution is -2.59. The van der Waals surface area contributed by atoms with Crippen LogP contribution in [-0.2, 0) is 49.6 Å². The van der Waals surface area contributed by atoms with Crippen LogP contribution >= 0.6 is 0 Å². The maximum atomic E-state index is 14.5. The molecule has 442 valence electrons. The van der Waals surface area contributed by atoms with Gasteiger partial charge in [0.05, 0.1) is 24.6 Å². The van der Waals surface area contributed by atoms with Crippen LogP contribution in [-0.4, -0.2) is 133 Å². The van der Waals surface area contributed by atoms with E-state index in [1.807, 2.05) is 27.7 Å². The zero-order valence-corrected chi connectivity index (χ0v) is 47.6. The smallest absolute Gasteiger partial charge is 0.243 e. The lowest BCUT2D eigenvalue weighted by molar-refractivity contribution is -0.136. The van der Waals surface area contributed by atoms with Gasteiger partial charge in [0.2, 0.25) is 41.4 Å². The Hall–Kier alpha value is -5.35. The summed E-state index contributed by atoms with van der Waals surface area (Å²) in [7, 11) is 0. The number of hydrogen-bond acceptors (Lipinski definition) is 14. The maximum Gasteiger partial charge on any atom is 0.243 e. The van der Waals surface area contributed by atoms with E-state index >= 15 is 0 Å². The lowest BCUT2D eigenvalue weighted by Gasteiger charge is -2.28. The van der Waals surface area contributed by atoms with Crippen molar-refractivity contribution in [2.24, 2.45) is 46.6 Å².